The maximum atomic E-state index is 13.4. The second-order valence-electron chi connectivity index (χ2n) is 5.93. The van der Waals surface area contributed by atoms with Crippen molar-refractivity contribution < 1.29 is 14.3 Å². The van der Waals surface area contributed by atoms with Gasteiger partial charge in [0.1, 0.15) is 15.5 Å². The molecule has 2 aromatic heterocycles. The Morgan fingerprint density at radius 3 is 2.54 bits per heavy atom. The number of aromatic nitrogens is 1. The monoisotopic (exact) mass is 414 g/mol. The molecule has 28 heavy (non-hydrogen) atoms. The van der Waals surface area contributed by atoms with Crippen LogP contribution in [-0.2, 0) is 0 Å². The van der Waals surface area contributed by atoms with Crippen LogP contribution in [0.1, 0.15) is 9.67 Å². The highest BCUT2D eigenvalue weighted by atomic mass is 35.5. The summed E-state index contributed by atoms with van der Waals surface area (Å²) in [6.07, 6.45) is 0. The van der Waals surface area contributed by atoms with Gasteiger partial charge in [0.2, 0.25) is 0 Å². The van der Waals surface area contributed by atoms with Gasteiger partial charge in [-0.1, -0.05) is 29.8 Å². The molecule has 0 saturated carbocycles. The van der Waals surface area contributed by atoms with Crippen molar-refractivity contribution in [2.24, 2.45) is 0 Å². The largest absolute Gasteiger partial charge is 0.477 e. The zero-order valence-electron chi connectivity index (χ0n) is 14.1. The number of fused-ring (bicyclic) bond motifs is 1. The van der Waals surface area contributed by atoms with Crippen molar-refractivity contribution >= 4 is 50.5 Å². The minimum absolute atomic E-state index is 0.0331. The molecule has 5 nitrogen and oxygen atoms in total. The summed E-state index contributed by atoms with van der Waals surface area (Å²) in [6.45, 7) is 0. The van der Waals surface area contributed by atoms with Crippen LogP contribution in [0.5, 0.6) is 0 Å². The maximum absolute atomic E-state index is 13.4. The Labute approximate surface area is 167 Å². The van der Waals surface area contributed by atoms with Gasteiger partial charge in [0.15, 0.2) is 0 Å². The van der Waals surface area contributed by atoms with E-state index in [1.807, 2.05) is 6.07 Å². The Hall–Kier alpha value is -3.16. The molecule has 0 amide bonds. The SMILES string of the molecule is O=C(O)c1sc2c(ccc(=O)n2-c2ccccc2)c1Nc1ccc(F)c(Cl)c1. The van der Waals surface area contributed by atoms with Crippen molar-refractivity contribution in [3.63, 3.8) is 0 Å². The number of carboxylic acids is 1. The zero-order chi connectivity index (χ0) is 19.8. The summed E-state index contributed by atoms with van der Waals surface area (Å²) in [6, 6.07) is 16.0. The van der Waals surface area contributed by atoms with Crippen molar-refractivity contribution in [1.82, 2.24) is 4.57 Å². The highest BCUT2D eigenvalue weighted by molar-refractivity contribution is 7.21. The molecule has 0 aliphatic heterocycles. The van der Waals surface area contributed by atoms with E-state index < -0.39 is 11.8 Å². The highest BCUT2D eigenvalue weighted by Gasteiger charge is 2.21. The number of halogens is 2. The first-order valence-corrected chi connectivity index (χ1v) is 9.34. The minimum atomic E-state index is -1.14. The van der Waals surface area contributed by atoms with E-state index in [4.69, 9.17) is 11.6 Å². The number of carboxylic acid groups (broad SMARTS) is 1. The topological polar surface area (TPSA) is 71.3 Å². The quantitative estimate of drug-likeness (QED) is 0.476. The first-order valence-electron chi connectivity index (χ1n) is 8.15. The third kappa shape index (κ3) is 3.15. The third-order valence-electron chi connectivity index (χ3n) is 4.14. The molecule has 0 fully saturated rings. The van der Waals surface area contributed by atoms with Gasteiger partial charge in [0.25, 0.3) is 5.56 Å². The van der Waals surface area contributed by atoms with Crippen LogP contribution < -0.4 is 10.9 Å². The van der Waals surface area contributed by atoms with Crippen molar-refractivity contribution in [3.05, 3.63) is 86.7 Å². The van der Waals surface area contributed by atoms with Crippen LogP contribution in [0, 0.1) is 5.82 Å². The summed E-state index contributed by atoms with van der Waals surface area (Å²) in [5, 5.41) is 13.2. The van der Waals surface area contributed by atoms with Crippen LogP contribution in [0.15, 0.2) is 65.5 Å². The number of thiophene rings is 1. The third-order valence-corrected chi connectivity index (χ3v) is 5.61. The molecule has 0 spiro atoms. The number of nitrogens with one attached hydrogen (secondary N) is 1. The van der Waals surface area contributed by atoms with Crippen LogP contribution in [-0.4, -0.2) is 15.6 Å². The number of pyridine rings is 1. The van der Waals surface area contributed by atoms with E-state index in [9.17, 15) is 19.1 Å². The van der Waals surface area contributed by atoms with Crippen molar-refractivity contribution in [2.45, 2.75) is 0 Å². The van der Waals surface area contributed by atoms with Crippen molar-refractivity contribution in [1.29, 1.82) is 0 Å². The molecule has 2 N–H and O–H groups in total. The molecule has 0 atom stereocenters. The van der Waals surface area contributed by atoms with E-state index in [0.29, 0.717) is 27.3 Å². The molecular weight excluding hydrogens is 403 g/mol. The molecule has 4 rings (SSSR count). The smallest absolute Gasteiger partial charge is 0.348 e. The molecule has 0 bridgehead atoms. The van der Waals surface area contributed by atoms with Crippen molar-refractivity contribution in [2.75, 3.05) is 5.32 Å². The summed E-state index contributed by atoms with van der Waals surface area (Å²) in [5.41, 5.74) is 1.12. The van der Waals surface area contributed by atoms with Gasteiger partial charge in [-0.3, -0.25) is 9.36 Å². The van der Waals surface area contributed by atoms with Crippen LogP contribution >= 0.6 is 22.9 Å². The number of anilines is 2. The van der Waals surface area contributed by atoms with Gasteiger partial charge in [-0.05, 0) is 36.4 Å². The lowest BCUT2D eigenvalue weighted by Gasteiger charge is -2.09. The van der Waals surface area contributed by atoms with Gasteiger partial charge in [-0.2, -0.15) is 0 Å². The summed E-state index contributed by atoms with van der Waals surface area (Å²) < 4.78 is 14.9. The van der Waals surface area contributed by atoms with Gasteiger partial charge < -0.3 is 10.4 Å². The lowest BCUT2D eigenvalue weighted by Crippen LogP contribution is -2.16. The van der Waals surface area contributed by atoms with E-state index in [1.54, 1.807) is 30.3 Å². The number of aromatic carboxylic acids is 1. The average Bonchev–Trinajstić information content (AvgIpc) is 3.04. The number of hydrogen-bond acceptors (Lipinski definition) is 4. The standard InChI is InChI=1S/C20H12ClFN2O3S/c21-14-10-11(6-8-15(14)22)23-17-13-7-9-16(25)24(12-4-2-1-3-5-12)19(13)28-18(17)20(26)27/h1-10,23H,(H,26,27). The number of hydrogen-bond donors (Lipinski definition) is 2. The molecule has 4 aromatic rings. The Kier molecular flexibility index (Phi) is 4.62. The number of rotatable bonds is 4. The molecule has 0 saturated heterocycles. The number of nitrogens with zero attached hydrogens (tertiary/aromatic N) is 1. The lowest BCUT2D eigenvalue weighted by atomic mass is 10.2. The normalized spacial score (nSPS) is 10.9. The summed E-state index contributed by atoms with van der Waals surface area (Å²) >= 11 is 6.81. The van der Waals surface area contributed by atoms with Gasteiger partial charge in [-0.15, -0.1) is 11.3 Å². The number of para-hydroxylation sites is 1. The van der Waals surface area contributed by atoms with E-state index >= 15 is 0 Å². The summed E-state index contributed by atoms with van der Waals surface area (Å²) in [7, 11) is 0. The Bertz CT molecular complexity index is 1270. The molecule has 0 radical (unpaired) electrons. The molecule has 140 valence electrons. The van der Waals surface area contributed by atoms with E-state index in [-0.39, 0.29) is 15.5 Å². The number of carbonyl (C=O) groups is 1. The number of benzene rings is 2. The Morgan fingerprint density at radius 1 is 1.11 bits per heavy atom. The van der Waals surface area contributed by atoms with Crippen LogP contribution in [0.3, 0.4) is 0 Å². The second kappa shape index (κ2) is 7.10. The van der Waals surface area contributed by atoms with E-state index in [0.717, 1.165) is 11.3 Å². The van der Waals surface area contributed by atoms with E-state index in [1.165, 1.54) is 28.8 Å². The Morgan fingerprint density at radius 2 is 1.86 bits per heavy atom. The minimum Gasteiger partial charge on any atom is -0.477 e. The van der Waals surface area contributed by atoms with Crippen LogP contribution in [0.2, 0.25) is 5.02 Å². The maximum Gasteiger partial charge on any atom is 0.348 e. The Balaban J connectivity index is 1.96. The van der Waals surface area contributed by atoms with Gasteiger partial charge in [-0.25, -0.2) is 9.18 Å². The fourth-order valence-corrected chi connectivity index (χ4v) is 4.19. The van der Waals surface area contributed by atoms with Crippen molar-refractivity contribution in [3.8, 4) is 5.69 Å². The molecule has 0 aliphatic carbocycles. The predicted octanol–water partition coefficient (Wildman–Crippen LogP) is 5.29. The molecule has 0 unspecified atom stereocenters. The van der Waals surface area contributed by atoms with Gasteiger partial charge in [0, 0.05) is 17.1 Å². The molecule has 2 aromatic carbocycles. The van der Waals surface area contributed by atoms with Gasteiger partial charge in [0.05, 0.1) is 16.4 Å². The van der Waals surface area contributed by atoms with Crippen LogP contribution in [0.25, 0.3) is 15.9 Å². The first kappa shape index (κ1) is 18.2. The van der Waals surface area contributed by atoms with Crippen LogP contribution in [0.4, 0.5) is 15.8 Å². The fraction of sp³-hybridized carbons (Fsp3) is 0. The molecular formula is C20H12ClFN2O3S. The summed E-state index contributed by atoms with van der Waals surface area (Å²) in [5.74, 6) is -1.71. The molecule has 0 aliphatic rings. The van der Waals surface area contributed by atoms with Gasteiger partial charge >= 0.3 is 5.97 Å². The molecule has 2 heterocycles. The predicted molar refractivity (Wildman–Crippen MR) is 109 cm³/mol. The van der Waals surface area contributed by atoms with E-state index in [2.05, 4.69) is 5.32 Å². The molecule has 8 heteroatoms. The highest BCUT2D eigenvalue weighted by Crippen LogP contribution is 2.38. The second-order valence-corrected chi connectivity index (χ2v) is 7.33. The lowest BCUT2D eigenvalue weighted by molar-refractivity contribution is 0.0703. The fourth-order valence-electron chi connectivity index (χ4n) is 2.90. The first-order chi connectivity index (χ1) is 13.5. The summed E-state index contributed by atoms with van der Waals surface area (Å²) in [4.78, 5) is 24.9. The average molecular weight is 415 g/mol. The zero-order valence-corrected chi connectivity index (χ0v) is 15.7.